The molecule has 0 aliphatic carbocycles. The first-order chi connectivity index (χ1) is 14.1. The van der Waals surface area contributed by atoms with Crippen molar-refractivity contribution in [1.82, 2.24) is 5.43 Å². The van der Waals surface area contributed by atoms with Crippen molar-refractivity contribution in [3.63, 3.8) is 0 Å². The van der Waals surface area contributed by atoms with Crippen LogP contribution in [0.15, 0.2) is 103 Å². The lowest BCUT2D eigenvalue weighted by atomic mass is 9.85. The molecule has 0 bridgehead atoms. The number of carbonyl (C=O) groups is 1. The summed E-state index contributed by atoms with van der Waals surface area (Å²) in [6.07, 6.45) is 3.18. The van der Waals surface area contributed by atoms with Crippen LogP contribution in [0.5, 0.6) is 5.75 Å². The number of hydrogen-bond acceptors (Lipinski definition) is 4. The molecule has 0 aromatic heterocycles. The topological polar surface area (TPSA) is 70.9 Å². The van der Waals surface area contributed by atoms with Crippen molar-refractivity contribution in [2.45, 2.75) is 5.60 Å². The van der Waals surface area contributed by atoms with Crippen LogP contribution in [0.3, 0.4) is 0 Å². The SMILES string of the molecule is C=CCOc1ccc(/C=N\NC(=O)C(O)(c2ccccc2)c2ccccc2)cc1. The van der Waals surface area contributed by atoms with E-state index in [1.54, 1.807) is 66.7 Å². The summed E-state index contributed by atoms with van der Waals surface area (Å²) in [5.41, 5.74) is 2.29. The van der Waals surface area contributed by atoms with Crippen molar-refractivity contribution in [3.05, 3.63) is 114 Å². The molecule has 3 aromatic carbocycles. The molecule has 5 nitrogen and oxygen atoms in total. The maximum absolute atomic E-state index is 12.9. The van der Waals surface area contributed by atoms with E-state index < -0.39 is 11.5 Å². The van der Waals surface area contributed by atoms with Gasteiger partial charge in [0.05, 0.1) is 6.21 Å². The maximum atomic E-state index is 12.9. The molecular weight excluding hydrogens is 364 g/mol. The summed E-state index contributed by atoms with van der Waals surface area (Å²) in [4.78, 5) is 12.9. The average molecular weight is 386 g/mol. The zero-order valence-electron chi connectivity index (χ0n) is 15.9. The first-order valence-corrected chi connectivity index (χ1v) is 9.15. The van der Waals surface area contributed by atoms with E-state index >= 15 is 0 Å². The highest BCUT2D eigenvalue weighted by molar-refractivity contribution is 5.91. The van der Waals surface area contributed by atoms with Gasteiger partial charge in [0.2, 0.25) is 0 Å². The summed E-state index contributed by atoms with van der Waals surface area (Å²) in [5.74, 6) is 0.0747. The minimum Gasteiger partial charge on any atom is -0.490 e. The number of hydrogen-bond donors (Lipinski definition) is 2. The Hall–Kier alpha value is -3.70. The second kappa shape index (κ2) is 9.48. The van der Waals surface area contributed by atoms with Crippen LogP contribution in [0.2, 0.25) is 0 Å². The van der Waals surface area contributed by atoms with Crippen LogP contribution in [0.4, 0.5) is 0 Å². The van der Waals surface area contributed by atoms with Crippen molar-refractivity contribution in [1.29, 1.82) is 0 Å². The molecule has 0 aliphatic heterocycles. The van der Waals surface area contributed by atoms with Crippen LogP contribution in [0.25, 0.3) is 0 Å². The van der Waals surface area contributed by atoms with Crippen molar-refractivity contribution in [3.8, 4) is 5.75 Å². The molecule has 0 fully saturated rings. The highest BCUT2D eigenvalue weighted by Gasteiger charge is 2.39. The third kappa shape index (κ3) is 4.78. The molecule has 29 heavy (non-hydrogen) atoms. The molecule has 0 radical (unpaired) electrons. The molecule has 0 saturated heterocycles. The molecule has 0 atom stereocenters. The average Bonchev–Trinajstić information content (AvgIpc) is 2.79. The van der Waals surface area contributed by atoms with Gasteiger partial charge >= 0.3 is 0 Å². The lowest BCUT2D eigenvalue weighted by molar-refractivity contribution is -0.136. The molecular formula is C24H22N2O3. The van der Waals surface area contributed by atoms with E-state index in [9.17, 15) is 9.90 Å². The van der Waals surface area contributed by atoms with Gasteiger partial charge in [-0.25, -0.2) is 5.43 Å². The molecule has 146 valence electrons. The molecule has 3 aromatic rings. The van der Waals surface area contributed by atoms with Crippen molar-refractivity contribution < 1.29 is 14.6 Å². The molecule has 5 heteroatoms. The van der Waals surface area contributed by atoms with Crippen LogP contribution in [0, 0.1) is 0 Å². The van der Waals surface area contributed by atoms with Gasteiger partial charge in [0.15, 0.2) is 5.60 Å². The number of nitrogens with one attached hydrogen (secondary N) is 1. The summed E-state index contributed by atoms with van der Waals surface area (Å²) >= 11 is 0. The largest absolute Gasteiger partial charge is 0.490 e. The summed E-state index contributed by atoms with van der Waals surface area (Å²) in [6, 6.07) is 24.8. The van der Waals surface area contributed by atoms with Gasteiger partial charge in [-0.15, -0.1) is 0 Å². The van der Waals surface area contributed by atoms with Gasteiger partial charge < -0.3 is 9.84 Å². The van der Waals surface area contributed by atoms with E-state index in [-0.39, 0.29) is 0 Å². The van der Waals surface area contributed by atoms with Gasteiger partial charge in [0.1, 0.15) is 12.4 Å². The predicted molar refractivity (Wildman–Crippen MR) is 114 cm³/mol. The standard InChI is InChI=1S/C24H22N2O3/c1-2-17-29-22-15-13-19(14-16-22)18-25-26-23(27)24(28,20-9-5-3-6-10-20)21-11-7-4-8-12-21/h2-16,18,28H,1,17H2,(H,26,27)/b25-18-. The monoisotopic (exact) mass is 386 g/mol. The highest BCUT2D eigenvalue weighted by atomic mass is 16.5. The Morgan fingerprint density at radius 2 is 1.52 bits per heavy atom. The van der Waals surface area contributed by atoms with Crippen LogP contribution in [-0.4, -0.2) is 23.8 Å². The van der Waals surface area contributed by atoms with Gasteiger partial charge in [-0.05, 0) is 41.0 Å². The van der Waals surface area contributed by atoms with Crippen LogP contribution >= 0.6 is 0 Å². The van der Waals surface area contributed by atoms with Gasteiger partial charge in [0, 0.05) is 0 Å². The third-order valence-corrected chi connectivity index (χ3v) is 4.34. The first-order valence-electron chi connectivity index (χ1n) is 9.15. The van der Waals surface area contributed by atoms with Crippen molar-refractivity contribution in [2.24, 2.45) is 5.10 Å². The Morgan fingerprint density at radius 3 is 2.03 bits per heavy atom. The van der Waals surface area contributed by atoms with E-state index in [0.717, 1.165) is 5.56 Å². The number of ether oxygens (including phenoxy) is 1. The fourth-order valence-electron chi connectivity index (χ4n) is 2.84. The zero-order chi connectivity index (χ0) is 20.5. The van der Waals surface area contributed by atoms with Crippen molar-refractivity contribution in [2.75, 3.05) is 6.61 Å². The molecule has 0 heterocycles. The second-order valence-electron chi connectivity index (χ2n) is 6.31. The van der Waals surface area contributed by atoms with Crippen LogP contribution in [0.1, 0.15) is 16.7 Å². The number of benzene rings is 3. The molecule has 2 N–H and O–H groups in total. The summed E-state index contributed by atoms with van der Waals surface area (Å²) in [5, 5.41) is 15.3. The number of carbonyl (C=O) groups excluding carboxylic acids is 1. The Balaban J connectivity index is 1.77. The number of amides is 1. The molecule has 0 saturated carbocycles. The zero-order valence-corrected chi connectivity index (χ0v) is 15.9. The molecule has 0 spiro atoms. The fraction of sp³-hybridized carbons (Fsp3) is 0.0833. The van der Waals surface area contributed by atoms with E-state index in [4.69, 9.17) is 4.74 Å². The van der Waals surface area contributed by atoms with Gasteiger partial charge in [-0.2, -0.15) is 5.10 Å². The van der Waals surface area contributed by atoms with E-state index in [0.29, 0.717) is 23.5 Å². The Kier molecular flexibility index (Phi) is 6.55. The van der Waals surface area contributed by atoms with Gasteiger partial charge in [-0.1, -0.05) is 73.3 Å². The third-order valence-electron chi connectivity index (χ3n) is 4.34. The number of aliphatic hydroxyl groups is 1. The summed E-state index contributed by atoms with van der Waals surface area (Å²) < 4.78 is 5.43. The Labute approximate surface area is 170 Å². The number of hydrazone groups is 1. The van der Waals surface area contributed by atoms with E-state index in [2.05, 4.69) is 17.1 Å². The molecule has 3 rings (SSSR count). The van der Waals surface area contributed by atoms with E-state index in [1.807, 2.05) is 24.3 Å². The quantitative estimate of drug-likeness (QED) is 0.353. The number of nitrogens with zero attached hydrogens (tertiary/aromatic N) is 1. The smallest absolute Gasteiger partial charge is 0.281 e. The lowest BCUT2D eigenvalue weighted by Crippen LogP contribution is -2.43. The molecule has 0 unspecified atom stereocenters. The van der Waals surface area contributed by atoms with Gasteiger partial charge in [-0.3, -0.25) is 4.79 Å². The highest BCUT2D eigenvalue weighted by Crippen LogP contribution is 2.29. The summed E-state index contributed by atoms with van der Waals surface area (Å²) in [6.45, 7) is 4.04. The first kappa shape index (κ1) is 20.0. The fourth-order valence-corrected chi connectivity index (χ4v) is 2.84. The van der Waals surface area contributed by atoms with E-state index in [1.165, 1.54) is 6.21 Å². The second-order valence-corrected chi connectivity index (χ2v) is 6.31. The minimum atomic E-state index is -1.86. The summed E-state index contributed by atoms with van der Waals surface area (Å²) in [7, 11) is 0. The Morgan fingerprint density at radius 1 is 0.966 bits per heavy atom. The van der Waals surface area contributed by atoms with Crippen LogP contribution in [-0.2, 0) is 10.4 Å². The molecule has 0 aliphatic rings. The lowest BCUT2D eigenvalue weighted by Gasteiger charge is -2.27. The number of rotatable bonds is 8. The molecule has 1 amide bonds. The van der Waals surface area contributed by atoms with Gasteiger partial charge in [0.25, 0.3) is 5.91 Å². The Bertz CT molecular complexity index is 929. The minimum absolute atomic E-state index is 0.432. The predicted octanol–water partition coefficient (Wildman–Crippen LogP) is 3.64. The van der Waals surface area contributed by atoms with Crippen molar-refractivity contribution >= 4 is 12.1 Å². The normalized spacial score (nSPS) is 11.2. The maximum Gasteiger partial charge on any atom is 0.281 e. The van der Waals surface area contributed by atoms with Crippen LogP contribution < -0.4 is 10.2 Å².